The van der Waals surface area contributed by atoms with Crippen molar-refractivity contribution in [2.45, 2.75) is 38.4 Å². The fraction of sp³-hybridized carbons (Fsp3) is 0.500. The molecule has 2 aromatic rings. The maximum atomic E-state index is 12.5. The van der Waals surface area contributed by atoms with Gasteiger partial charge in [0.05, 0.1) is 32.0 Å². The molecule has 3 fully saturated rings. The minimum absolute atomic E-state index is 0.0707. The van der Waals surface area contributed by atoms with Crippen molar-refractivity contribution in [2.24, 2.45) is 5.92 Å². The molecule has 0 radical (unpaired) electrons. The normalized spacial score (nSPS) is 21.2. The Hall–Kier alpha value is -2.57. The van der Waals surface area contributed by atoms with E-state index in [1.54, 1.807) is 4.90 Å². The van der Waals surface area contributed by atoms with Gasteiger partial charge in [-0.15, -0.1) is 0 Å². The predicted molar refractivity (Wildman–Crippen MR) is 127 cm³/mol. The molecule has 5 rings (SSSR count). The van der Waals surface area contributed by atoms with E-state index in [-0.39, 0.29) is 12.1 Å². The number of urea groups is 1. The first-order valence-corrected chi connectivity index (χ1v) is 11.9. The first kappa shape index (κ1) is 21.3. The maximum Gasteiger partial charge on any atom is 0.321 e. The summed E-state index contributed by atoms with van der Waals surface area (Å²) in [6, 6.07) is 17.2. The monoisotopic (exact) mass is 435 g/mol. The lowest BCUT2D eigenvalue weighted by Gasteiger charge is -2.24. The third-order valence-corrected chi connectivity index (χ3v) is 6.32. The van der Waals surface area contributed by atoms with E-state index in [1.807, 2.05) is 19.1 Å². The minimum atomic E-state index is -0.0707. The molecule has 170 valence electrons. The van der Waals surface area contributed by atoms with Crippen LogP contribution in [-0.2, 0) is 15.9 Å². The van der Waals surface area contributed by atoms with E-state index >= 15 is 0 Å². The van der Waals surface area contributed by atoms with Crippen LogP contribution in [0.15, 0.2) is 48.5 Å². The number of carbonyl (C=O) groups is 1. The highest BCUT2D eigenvalue weighted by Gasteiger charge is 2.30. The second-order valence-corrected chi connectivity index (χ2v) is 9.21. The van der Waals surface area contributed by atoms with Gasteiger partial charge in [-0.2, -0.15) is 0 Å². The molecule has 2 aromatic carbocycles. The maximum absolute atomic E-state index is 12.5. The molecule has 6 heteroatoms. The topological polar surface area (TPSA) is 60.6 Å². The van der Waals surface area contributed by atoms with Crippen LogP contribution in [0.1, 0.15) is 30.9 Å². The molecule has 2 unspecified atom stereocenters. The molecule has 2 saturated heterocycles. The van der Waals surface area contributed by atoms with Gasteiger partial charge in [0.1, 0.15) is 0 Å². The van der Waals surface area contributed by atoms with Crippen LogP contribution in [0.25, 0.3) is 0 Å². The fourth-order valence-electron chi connectivity index (χ4n) is 4.10. The number of nitrogens with zero attached hydrogens (tertiary/aromatic N) is 2. The van der Waals surface area contributed by atoms with Gasteiger partial charge in [-0.05, 0) is 67.5 Å². The number of rotatable bonds is 11. The summed E-state index contributed by atoms with van der Waals surface area (Å²) in [6.07, 6.45) is 4.17. The van der Waals surface area contributed by atoms with Gasteiger partial charge in [-0.3, -0.25) is 4.90 Å². The molecule has 0 spiro atoms. The minimum Gasteiger partial charge on any atom is -0.371 e. The molecule has 1 aliphatic carbocycles. The van der Waals surface area contributed by atoms with E-state index in [1.165, 1.54) is 29.7 Å². The molecule has 2 atom stereocenters. The Morgan fingerprint density at radius 3 is 1.97 bits per heavy atom. The van der Waals surface area contributed by atoms with E-state index in [2.05, 4.69) is 46.6 Å². The van der Waals surface area contributed by atoms with Crippen LogP contribution in [0.4, 0.5) is 16.2 Å². The standard InChI is InChI=1S/C26H33N3O3/c1-2-27-26(30)29(16-25-18-32-25)23-11-7-20(8-12-23)13-19-5-9-22(10-6-19)28(14-21-3-4-21)15-24-17-31-24/h5-12,21,24-25H,2-4,13-18H2,1H3,(H,27,30). The summed E-state index contributed by atoms with van der Waals surface area (Å²) in [5.41, 5.74) is 4.73. The summed E-state index contributed by atoms with van der Waals surface area (Å²) in [5.74, 6) is 0.859. The zero-order chi connectivity index (χ0) is 21.9. The highest BCUT2D eigenvalue weighted by molar-refractivity contribution is 5.92. The summed E-state index contributed by atoms with van der Waals surface area (Å²) in [7, 11) is 0. The Kier molecular flexibility index (Phi) is 6.32. The molecule has 6 nitrogen and oxygen atoms in total. The van der Waals surface area contributed by atoms with E-state index in [0.717, 1.165) is 44.3 Å². The molecule has 2 amide bonds. The molecule has 32 heavy (non-hydrogen) atoms. The summed E-state index contributed by atoms with van der Waals surface area (Å²) >= 11 is 0. The van der Waals surface area contributed by atoms with Gasteiger partial charge in [0.25, 0.3) is 0 Å². The lowest BCUT2D eigenvalue weighted by molar-refractivity contribution is 0.246. The van der Waals surface area contributed by atoms with Crippen LogP contribution >= 0.6 is 0 Å². The molecule has 1 saturated carbocycles. The van der Waals surface area contributed by atoms with Gasteiger partial charge >= 0.3 is 6.03 Å². The largest absolute Gasteiger partial charge is 0.371 e. The summed E-state index contributed by atoms with van der Waals surface area (Å²) < 4.78 is 10.8. The van der Waals surface area contributed by atoms with Crippen LogP contribution < -0.4 is 15.1 Å². The van der Waals surface area contributed by atoms with Crippen molar-refractivity contribution in [1.82, 2.24) is 5.32 Å². The van der Waals surface area contributed by atoms with Crippen LogP contribution in [0.5, 0.6) is 0 Å². The van der Waals surface area contributed by atoms with E-state index in [0.29, 0.717) is 19.2 Å². The molecular formula is C26H33N3O3. The molecule has 0 bridgehead atoms. The summed E-state index contributed by atoms with van der Waals surface area (Å²) in [4.78, 5) is 16.7. The zero-order valence-electron chi connectivity index (χ0n) is 18.8. The number of nitrogens with one attached hydrogen (secondary N) is 1. The number of epoxide rings is 2. The van der Waals surface area contributed by atoms with Gasteiger partial charge in [-0.1, -0.05) is 24.3 Å². The second-order valence-electron chi connectivity index (χ2n) is 9.21. The number of hydrogen-bond acceptors (Lipinski definition) is 4. The first-order valence-electron chi connectivity index (χ1n) is 11.9. The van der Waals surface area contributed by atoms with Crippen molar-refractivity contribution in [3.63, 3.8) is 0 Å². The molecule has 3 aliphatic rings. The van der Waals surface area contributed by atoms with Crippen LogP contribution in [0.2, 0.25) is 0 Å². The number of benzene rings is 2. The number of carbonyl (C=O) groups excluding carboxylic acids is 1. The molecule has 1 N–H and O–H groups in total. The van der Waals surface area contributed by atoms with E-state index in [4.69, 9.17) is 9.47 Å². The van der Waals surface area contributed by atoms with E-state index < -0.39 is 0 Å². The smallest absolute Gasteiger partial charge is 0.321 e. The van der Waals surface area contributed by atoms with Gasteiger partial charge in [0.15, 0.2) is 0 Å². The number of anilines is 2. The lowest BCUT2D eigenvalue weighted by atomic mass is 10.0. The van der Waals surface area contributed by atoms with Crippen LogP contribution in [-0.4, -0.2) is 57.6 Å². The summed E-state index contributed by atoms with van der Waals surface area (Å²) in [5, 5.41) is 2.90. The third kappa shape index (κ3) is 5.81. The average Bonchev–Trinajstić information content (AvgIpc) is 3.65. The van der Waals surface area contributed by atoms with Crippen molar-refractivity contribution >= 4 is 17.4 Å². The number of amides is 2. The SMILES string of the molecule is CCNC(=O)N(CC1CO1)c1ccc(Cc2ccc(N(CC3CC3)CC3CO3)cc2)cc1. The Morgan fingerprint density at radius 2 is 1.44 bits per heavy atom. The Balaban J connectivity index is 1.22. The Bertz CT molecular complexity index is 889. The van der Waals surface area contributed by atoms with Crippen molar-refractivity contribution in [3.8, 4) is 0 Å². The molecule has 2 aliphatic heterocycles. The molecular weight excluding hydrogens is 402 g/mol. The summed E-state index contributed by atoms with van der Waals surface area (Å²) in [6.45, 7) is 6.93. The molecule has 2 heterocycles. The quantitative estimate of drug-likeness (QED) is 0.545. The highest BCUT2D eigenvalue weighted by Crippen LogP contribution is 2.32. The number of hydrogen-bond donors (Lipinski definition) is 1. The van der Waals surface area contributed by atoms with Gasteiger partial charge in [-0.25, -0.2) is 4.79 Å². The van der Waals surface area contributed by atoms with Gasteiger partial charge < -0.3 is 19.7 Å². The first-order chi connectivity index (χ1) is 15.7. The fourth-order valence-corrected chi connectivity index (χ4v) is 4.10. The van der Waals surface area contributed by atoms with Crippen molar-refractivity contribution in [3.05, 3.63) is 59.7 Å². The lowest BCUT2D eigenvalue weighted by Crippen LogP contribution is -2.42. The number of ether oxygens (including phenoxy) is 2. The average molecular weight is 436 g/mol. The van der Waals surface area contributed by atoms with Gasteiger partial charge in [0.2, 0.25) is 0 Å². The Labute approximate surface area is 190 Å². The second kappa shape index (κ2) is 9.51. The highest BCUT2D eigenvalue weighted by atomic mass is 16.6. The van der Waals surface area contributed by atoms with Gasteiger partial charge in [0, 0.05) is 31.0 Å². The molecule has 0 aromatic heterocycles. The van der Waals surface area contributed by atoms with Crippen LogP contribution in [0.3, 0.4) is 0 Å². The van der Waals surface area contributed by atoms with Crippen molar-refractivity contribution < 1.29 is 14.3 Å². The van der Waals surface area contributed by atoms with E-state index in [9.17, 15) is 4.79 Å². The van der Waals surface area contributed by atoms with Crippen molar-refractivity contribution in [2.75, 3.05) is 49.2 Å². The Morgan fingerprint density at radius 1 is 0.875 bits per heavy atom. The zero-order valence-corrected chi connectivity index (χ0v) is 18.8. The third-order valence-electron chi connectivity index (χ3n) is 6.32. The van der Waals surface area contributed by atoms with Crippen molar-refractivity contribution in [1.29, 1.82) is 0 Å². The predicted octanol–water partition coefficient (Wildman–Crippen LogP) is 3.83. The van der Waals surface area contributed by atoms with Crippen LogP contribution in [0, 0.1) is 5.92 Å².